The maximum Gasteiger partial charge on any atom is 0.326 e. The van der Waals surface area contributed by atoms with Crippen LogP contribution >= 0.6 is 0 Å². The van der Waals surface area contributed by atoms with Crippen molar-refractivity contribution >= 4 is 5.97 Å². The molecule has 0 bridgehead atoms. The van der Waals surface area contributed by atoms with Crippen LogP contribution in [0.25, 0.3) is 0 Å². The second-order valence-corrected chi connectivity index (χ2v) is 5.07. The van der Waals surface area contributed by atoms with E-state index >= 15 is 0 Å². The second kappa shape index (κ2) is 7.43. The summed E-state index contributed by atoms with van der Waals surface area (Å²) < 4.78 is 5.24. The molecule has 102 valence electrons. The zero-order valence-electron chi connectivity index (χ0n) is 11.6. The standard InChI is InChI=1S/C15H25NO2/c1-4-12-16-15(14(17)18-6-3)10-7-8-13(5-2)9-11-15/h1,13,16H,5-12H2,2-3H3. The molecule has 0 aromatic carbocycles. The third kappa shape index (κ3) is 3.74. The van der Waals surface area contributed by atoms with E-state index in [4.69, 9.17) is 11.2 Å². The van der Waals surface area contributed by atoms with Crippen LogP contribution in [-0.4, -0.2) is 24.7 Å². The lowest BCUT2D eigenvalue weighted by Crippen LogP contribution is -2.52. The van der Waals surface area contributed by atoms with E-state index in [0.29, 0.717) is 13.2 Å². The Kier molecular flexibility index (Phi) is 6.21. The number of esters is 1. The Hall–Kier alpha value is -1.01. The Labute approximate surface area is 111 Å². The van der Waals surface area contributed by atoms with E-state index in [1.165, 1.54) is 12.8 Å². The first-order chi connectivity index (χ1) is 8.68. The van der Waals surface area contributed by atoms with Gasteiger partial charge in [0.05, 0.1) is 13.2 Å². The van der Waals surface area contributed by atoms with E-state index in [9.17, 15) is 4.79 Å². The van der Waals surface area contributed by atoms with Crippen LogP contribution in [0.4, 0.5) is 0 Å². The molecule has 0 spiro atoms. The highest BCUT2D eigenvalue weighted by Crippen LogP contribution is 2.32. The first-order valence-electron chi connectivity index (χ1n) is 7.04. The van der Waals surface area contributed by atoms with Crippen molar-refractivity contribution < 1.29 is 9.53 Å². The lowest BCUT2D eigenvalue weighted by Gasteiger charge is -2.30. The molecule has 0 heterocycles. The summed E-state index contributed by atoms with van der Waals surface area (Å²) in [5, 5.41) is 3.24. The maximum absolute atomic E-state index is 12.2. The van der Waals surface area contributed by atoms with Crippen molar-refractivity contribution in [3.8, 4) is 12.3 Å². The Morgan fingerprint density at radius 2 is 2.22 bits per heavy atom. The molecule has 2 atom stereocenters. The zero-order valence-corrected chi connectivity index (χ0v) is 11.6. The fraction of sp³-hybridized carbons (Fsp3) is 0.800. The molecule has 1 rings (SSSR count). The predicted molar refractivity (Wildman–Crippen MR) is 73.1 cm³/mol. The molecule has 2 unspecified atom stereocenters. The second-order valence-electron chi connectivity index (χ2n) is 5.07. The highest BCUT2D eigenvalue weighted by Gasteiger charge is 2.40. The molecule has 18 heavy (non-hydrogen) atoms. The van der Waals surface area contributed by atoms with Crippen molar-refractivity contribution in [3.05, 3.63) is 0 Å². The van der Waals surface area contributed by atoms with Crippen LogP contribution in [0.3, 0.4) is 0 Å². The van der Waals surface area contributed by atoms with Gasteiger partial charge in [-0.05, 0) is 32.1 Å². The Morgan fingerprint density at radius 3 is 2.83 bits per heavy atom. The number of ether oxygens (including phenoxy) is 1. The first-order valence-corrected chi connectivity index (χ1v) is 7.04. The molecule has 1 saturated carbocycles. The van der Waals surface area contributed by atoms with Gasteiger partial charge >= 0.3 is 5.97 Å². The van der Waals surface area contributed by atoms with Crippen molar-refractivity contribution in [1.82, 2.24) is 5.32 Å². The summed E-state index contributed by atoms with van der Waals surface area (Å²) >= 11 is 0. The van der Waals surface area contributed by atoms with Crippen LogP contribution in [-0.2, 0) is 9.53 Å². The molecule has 0 aromatic rings. The van der Waals surface area contributed by atoms with E-state index in [-0.39, 0.29) is 5.97 Å². The lowest BCUT2D eigenvalue weighted by molar-refractivity contribution is -0.151. The minimum absolute atomic E-state index is 0.128. The summed E-state index contributed by atoms with van der Waals surface area (Å²) in [5.74, 6) is 3.17. The average Bonchev–Trinajstić information content (AvgIpc) is 2.60. The molecule has 0 saturated heterocycles. The largest absolute Gasteiger partial charge is 0.465 e. The molecular formula is C15H25NO2. The van der Waals surface area contributed by atoms with Crippen LogP contribution in [0.5, 0.6) is 0 Å². The van der Waals surface area contributed by atoms with Crippen LogP contribution in [0, 0.1) is 18.3 Å². The summed E-state index contributed by atoms with van der Waals surface area (Å²) in [6.45, 7) is 4.92. The van der Waals surface area contributed by atoms with Crippen LogP contribution in [0.15, 0.2) is 0 Å². The van der Waals surface area contributed by atoms with Gasteiger partial charge in [-0.3, -0.25) is 10.1 Å². The van der Waals surface area contributed by atoms with Gasteiger partial charge in [0.2, 0.25) is 0 Å². The molecule has 0 amide bonds. The third-order valence-corrected chi connectivity index (χ3v) is 3.97. The fourth-order valence-electron chi connectivity index (χ4n) is 2.76. The Morgan fingerprint density at radius 1 is 1.44 bits per heavy atom. The van der Waals surface area contributed by atoms with E-state index in [1.54, 1.807) is 0 Å². The fourth-order valence-corrected chi connectivity index (χ4v) is 2.76. The maximum atomic E-state index is 12.2. The normalized spacial score (nSPS) is 28.2. The van der Waals surface area contributed by atoms with Gasteiger partial charge < -0.3 is 4.74 Å². The lowest BCUT2D eigenvalue weighted by atomic mass is 9.89. The summed E-state index contributed by atoms with van der Waals surface area (Å²) in [4.78, 5) is 12.2. The van der Waals surface area contributed by atoms with Gasteiger partial charge in [0, 0.05) is 0 Å². The zero-order chi connectivity index (χ0) is 13.4. The summed E-state index contributed by atoms with van der Waals surface area (Å²) in [7, 11) is 0. The highest BCUT2D eigenvalue weighted by atomic mass is 16.5. The smallest absolute Gasteiger partial charge is 0.326 e. The number of hydrogen-bond donors (Lipinski definition) is 1. The predicted octanol–water partition coefficient (Wildman–Crippen LogP) is 2.50. The van der Waals surface area contributed by atoms with Gasteiger partial charge in [-0.15, -0.1) is 6.42 Å². The minimum Gasteiger partial charge on any atom is -0.465 e. The number of nitrogens with one attached hydrogen (secondary N) is 1. The third-order valence-electron chi connectivity index (χ3n) is 3.97. The molecule has 3 nitrogen and oxygen atoms in total. The van der Waals surface area contributed by atoms with Crippen molar-refractivity contribution in [2.75, 3.05) is 13.2 Å². The molecule has 1 N–H and O–H groups in total. The van der Waals surface area contributed by atoms with E-state index < -0.39 is 5.54 Å². The first kappa shape index (κ1) is 15.0. The van der Waals surface area contributed by atoms with E-state index in [1.807, 2.05) is 6.92 Å². The van der Waals surface area contributed by atoms with Gasteiger partial charge in [-0.2, -0.15) is 0 Å². The van der Waals surface area contributed by atoms with Gasteiger partial charge in [0.1, 0.15) is 5.54 Å². The average molecular weight is 251 g/mol. The van der Waals surface area contributed by atoms with Crippen molar-refractivity contribution in [1.29, 1.82) is 0 Å². The number of terminal acetylenes is 1. The van der Waals surface area contributed by atoms with Gasteiger partial charge in [0.25, 0.3) is 0 Å². The number of carbonyl (C=O) groups is 1. The number of rotatable bonds is 5. The summed E-state index contributed by atoms with van der Waals surface area (Å²) in [6.07, 6.45) is 11.5. The molecule has 1 fully saturated rings. The highest BCUT2D eigenvalue weighted by molar-refractivity contribution is 5.81. The Bertz CT molecular complexity index is 308. The molecule has 0 aliphatic heterocycles. The molecule has 0 radical (unpaired) electrons. The van der Waals surface area contributed by atoms with Gasteiger partial charge in [0.15, 0.2) is 0 Å². The quantitative estimate of drug-likeness (QED) is 0.463. The van der Waals surface area contributed by atoms with E-state index in [2.05, 4.69) is 18.2 Å². The van der Waals surface area contributed by atoms with Gasteiger partial charge in [-0.1, -0.05) is 32.1 Å². The van der Waals surface area contributed by atoms with Crippen LogP contribution in [0.2, 0.25) is 0 Å². The van der Waals surface area contributed by atoms with Crippen LogP contribution < -0.4 is 5.32 Å². The van der Waals surface area contributed by atoms with Crippen molar-refractivity contribution in [3.63, 3.8) is 0 Å². The molecular weight excluding hydrogens is 226 g/mol. The van der Waals surface area contributed by atoms with Crippen molar-refractivity contribution in [2.45, 2.75) is 57.9 Å². The summed E-state index contributed by atoms with van der Waals surface area (Å²) in [6, 6.07) is 0. The van der Waals surface area contributed by atoms with E-state index in [0.717, 1.165) is 31.6 Å². The SMILES string of the molecule is C#CCNC1(C(=O)OCC)CCCC(CC)CC1. The molecule has 1 aliphatic carbocycles. The minimum atomic E-state index is -0.549. The summed E-state index contributed by atoms with van der Waals surface area (Å²) in [5.41, 5.74) is -0.549. The number of carbonyl (C=O) groups excluding carboxylic acids is 1. The van der Waals surface area contributed by atoms with Crippen molar-refractivity contribution in [2.24, 2.45) is 5.92 Å². The monoisotopic (exact) mass is 251 g/mol. The molecule has 0 aromatic heterocycles. The van der Waals surface area contributed by atoms with Gasteiger partial charge in [-0.25, -0.2) is 0 Å². The Balaban J connectivity index is 2.76. The number of hydrogen-bond acceptors (Lipinski definition) is 3. The topological polar surface area (TPSA) is 38.3 Å². The molecule has 1 aliphatic rings. The van der Waals surface area contributed by atoms with Crippen LogP contribution in [0.1, 0.15) is 52.4 Å². The molecule has 3 heteroatoms.